The minimum atomic E-state index is -2.83. The Labute approximate surface area is 137 Å². The molecule has 2 aromatic rings. The molecule has 1 aliphatic heterocycles. The second-order valence-electron chi connectivity index (χ2n) is 5.17. The highest BCUT2D eigenvalue weighted by molar-refractivity contribution is 5.85. The van der Waals surface area contributed by atoms with E-state index in [0.29, 0.717) is 18.9 Å². The molecule has 0 spiro atoms. The average Bonchev–Trinajstić information content (AvgIpc) is 2.96. The van der Waals surface area contributed by atoms with Gasteiger partial charge >= 0.3 is 0 Å². The van der Waals surface area contributed by atoms with E-state index in [9.17, 15) is 13.2 Å². The highest BCUT2D eigenvalue weighted by Gasteiger charge is 2.22. The molecule has 0 amide bonds. The fourth-order valence-corrected chi connectivity index (χ4v) is 2.57. The van der Waals surface area contributed by atoms with E-state index in [2.05, 4.69) is 20.6 Å². The smallest absolute Gasteiger partial charge is 0.266 e. The van der Waals surface area contributed by atoms with Gasteiger partial charge in [0.1, 0.15) is 18.0 Å². The van der Waals surface area contributed by atoms with Gasteiger partial charge in [-0.3, -0.25) is 0 Å². The molecule has 8 heteroatoms. The highest BCUT2D eigenvalue weighted by atomic mass is 35.5. The minimum Gasteiger partial charge on any atom is -0.363 e. The number of aromatic nitrogens is 2. The molecular formula is C15H16ClF3N4. The van der Waals surface area contributed by atoms with Crippen LogP contribution in [0.3, 0.4) is 0 Å². The number of hydrogen-bond acceptors (Lipinski definition) is 4. The normalized spacial score (nSPS) is 14.3. The molecule has 2 N–H and O–H groups in total. The van der Waals surface area contributed by atoms with Crippen LogP contribution in [0.25, 0.3) is 0 Å². The van der Waals surface area contributed by atoms with Crippen LogP contribution in [0.15, 0.2) is 24.5 Å². The largest absolute Gasteiger partial charge is 0.363 e. The molecule has 1 aromatic heterocycles. The molecular weight excluding hydrogens is 329 g/mol. The topological polar surface area (TPSA) is 49.8 Å². The quantitative estimate of drug-likeness (QED) is 0.887. The number of halogens is 4. The van der Waals surface area contributed by atoms with Crippen LogP contribution in [0, 0.1) is 5.82 Å². The van der Waals surface area contributed by atoms with Gasteiger partial charge in [0.15, 0.2) is 0 Å². The van der Waals surface area contributed by atoms with Crippen molar-refractivity contribution >= 4 is 18.2 Å². The number of nitrogens with one attached hydrogen (secondary N) is 2. The van der Waals surface area contributed by atoms with Crippen LogP contribution in [-0.2, 0) is 13.1 Å². The summed E-state index contributed by atoms with van der Waals surface area (Å²) in [5.74, 6) is -0.273. The van der Waals surface area contributed by atoms with Crippen LogP contribution < -0.4 is 10.6 Å². The second-order valence-corrected chi connectivity index (χ2v) is 5.17. The third-order valence-electron chi connectivity index (χ3n) is 3.74. The van der Waals surface area contributed by atoms with Crippen LogP contribution in [0.4, 0.5) is 19.0 Å². The Morgan fingerprint density at radius 3 is 2.65 bits per heavy atom. The van der Waals surface area contributed by atoms with Crippen molar-refractivity contribution in [1.82, 2.24) is 15.3 Å². The average molecular weight is 345 g/mol. The van der Waals surface area contributed by atoms with E-state index in [1.54, 1.807) is 6.92 Å². The van der Waals surface area contributed by atoms with Crippen molar-refractivity contribution in [2.24, 2.45) is 0 Å². The summed E-state index contributed by atoms with van der Waals surface area (Å²) in [4.78, 5) is 8.34. The Hall–Kier alpha value is -1.86. The van der Waals surface area contributed by atoms with E-state index < -0.39 is 23.8 Å². The van der Waals surface area contributed by atoms with Gasteiger partial charge in [-0.05, 0) is 6.92 Å². The first-order valence-corrected chi connectivity index (χ1v) is 6.94. The van der Waals surface area contributed by atoms with Gasteiger partial charge in [-0.15, -0.1) is 12.4 Å². The zero-order chi connectivity index (χ0) is 15.7. The Morgan fingerprint density at radius 2 is 1.91 bits per heavy atom. The molecule has 0 saturated carbocycles. The lowest BCUT2D eigenvalue weighted by atomic mass is 10.0. The van der Waals surface area contributed by atoms with Crippen molar-refractivity contribution in [3.05, 3.63) is 52.7 Å². The third-order valence-corrected chi connectivity index (χ3v) is 3.74. The number of benzene rings is 1. The van der Waals surface area contributed by atoms with Gasteiger partial charge in [0.25, 0.3) is 6.43 Å². The molecule has 23 heavy (non-hydrogen) atoms. The highest BCUT2D eigenvalue weighted by Crippen LogP contribution is 2.29. The van der Waals surface area contributed by atoms with E-state index in [1.807, 2.05) is 0 Å². The lowest BCUT2D eigenvalue weighted by Crippen LogP contribution is -2.13. The first-order chi connectivity index (χ1) is 10.6. The van der Waals surface area contributed by atoms with Crippen molar-refractivity contribution in [3.63, 3.8) is 0 Å². The standard InChI is InChI=1S/C15H15F3N4.ClH/c1-8(9-3-2-4-10(13(9)16)14(17)18)22-15-11-5-19-6-12(11)20-7-21-15;/h2-4,7-8,14,19H,5-6H2,1H3,(H,20,21,22);1H/t8-;/m1./s1. The molecule has 124 valence electrons. The van der Waals surface area contributed by atoms with Crippen LogP contribution >= 0.6 is 12.4 Å². The first-order valence-electron chi connectivity index (χ1n) is 6.94. The summed E-state index contributed by atoms with van der Waals surface area (Å²) in [5.41, 5.74) is 1.43. The minimum absolute atomic E-state index is 0. The monoisotopic (exact) mass is 344 g/mol. The molecule has 1 aliphatic rings. The van der Waals surface area contributed by atoms with E-state index in [-0.39, 0.29) is 18.0 Å². The summed E-state index contributed by atoms with van der Waals surface area (Å²) in [7, 11) is 0. The van der Waals surface area contributed by atoms with Gasteiger partial charge in [0.2, 0.25) is 0 Å². The number of alkyl halides is 2. The fraction of sp³-hybridized carbons (Fsp3) is 0.333. The molecule has 0 bridgehead atoms. The van der Waals surface area contributed by atoms with Gasteiger partial charge in [0, 0.05) is 24.2 Å². The van der Waals surface area contributed by atoms with Crippen LogP contribution in [0.1, 0.15) is 41.8 Å². The van der Waals surface area contributed by atoms with Gasteiger partial charge in [-0.25, -0.2) is 23.1 Å². The van der Waals surface area contributed by atoms with Crippen LogP contribution in [-0.4, -0.2) is 9.97 Å². The SMILES string of the molecule is C[C@@H](Nc1ncnc2c1CNC2)c1cccc(C(F)F)c1F.Cl. The van der Waals surface area contributed by atoms with Crippen LogP contribution in [0.5, 0.6) is 0 Å². The number of hydrogen-bond donors (Lipinski definition) is 2. The maximum absolute atomic E-state index is 14.2. The Balaban J connectivity index is 0.00000192. The molecule has 1 atom stereocenters. The summed E-state index contributed by atoms with van der Waals surface area (Å²) in [6, 6.07) is 3.55. The van der Waals surface area contributed by atoms with Crippen molar-refractivity contribution in [2.45, 2.75) is 32.5 Å². The maximum atomic E-state index is 14.2. The van der Waals surface area contributed by atoms with E-state index in [1.165, 1.54) is 18.5 Å². The van der Waals surface area contributed by atoms with E-state index in [0.717, 1.165) is 17.3 Å². The van der Waals surface area contributed by atoms with Gasteiger partial charge < -0.3 is 10.6 Å². The van der Waals surface area contributed by atoms with Crippen molar-refractivity contribution in [2.75, 3.05) is 5.32 Å². The van der Waals surface area contributed by atoms with E-state index in [4.69, 9.17) is 0 Å². The van der Waals surface area contributed by atoms with Gasteiger partial charge in [-0.1, -0.05) is 18.2 Å². The molecule has 1 aromatic carbocycles. The summed E-state index contributed by atoms with van der Waals surface area (Å²) in [6.45, 7) is 3.01. The summed E-state index contributed by atoms with van der Waals surface area (Å²) in [6.07, 6.45) is -1.40. The van der Waals surface area contributed by atoms with Crippen LogP contribution in [0.2, 0.25) is 0 Å². The summed E-state index contributed by atoms with van der Waals surface area (Å²) < 4.78 is 39.8. The predicted octanol–water partition coefficient (Wildman–Crippen LogP) is 3.75. The molecule has 0 saturated heterocycles. The first kappa shape index (κ1) is 17.5. The Morgan fingerprint density at radius 1 is 1.17 bits per heavy atom. The molecule has 0 aliphatic carbocycles. The zero-order valence-corrected chi connectivity index (χ0v) is 13.1. The zero-order valence-electron chi connectivity index (χ0n) is 12.3. The molecule has 3 rings (SSSR count). The van der Waals surface area contributed by atoms with Crippen molar-refractivity contribution in [1.29, 1.82) is 0 Å². The maximum Gasteiger partial charge on any atom is 0.266 e. The van der Waals surface area contributed by atoms with Crippen molar-refractivity contribution < 1.29 is 13.2 Å². The lowest BCUT2D eigenvalue weighted by molar-refractivity contribution is 0.146. The number of rotatable bonds is 4. The van der Waals surface area contributed by atoms with Crippen molar-refractivity contribution in [3.8, 4) is 0 Å². The predicted molar refractivity (Wildman–Crippen MR) is 83.2 cm³/mol. The Kier molecular flexibility index (Phi) is 5.43. The molecule has 2 heterocycles. The van der Waals surface area contributed by atoms with Gasteiger partial charge in [0.05, 0.1) is 17.3 Å². The third kappa shape index (κ3) is 3.40. The molecule has 4 nitrogen and oxygen atoms in total. The lowest BCUT2D eigenvalue weighted by Gasteiger charge is -2.18. The molecule has 0 fully saturated rings. The summed E-state index contributed by atoms with van der Waals surface area (Å²) >= 11 is 0. The number of fused-ring (bicyclic) bond motifs is 1. The fourth-order valence-electron chi connectivity index (χ4n) is 2.57. The second kappa shape index (κ2) is 7.14. The number of nitrogens with zero attached hydrogens (tertiary/aromatic N) is 2. The summed E-state index contributed by atoms with van der Waals surface area (Å²) in [5, 5.41) is 6.25. The Bertz CT molecular complexity index is 696. The van der Waals surface area contributed by atoms with Gasteiger partial charge in [-0.2, -0.15) is 0 Å². The molecule has 0 radical (unpaired) electrons. The molecule has 0 unspecified atom stereocenters. The number of anilines is 1. The van der Waals surface area contributed by atoms with E-state index >= 15 is 0 Å².